The van der Waals surface area contributed by atoms with E-state index in [0.717, 1.165) is 0 Å². The fourth-order valence-corrected chi connectivity index (χ4v) is 5.30. The molecule has 35 heavy (non-hydrogen) atoms. The van der Waals surface area contributed by atoms with Gasteiger partial charge in [-0.2, -0.15) is 11.8 Å². The number of thioether (sulfide) groups is 2. The number of Topliss-reactive ketones (excluding diaryl/α,β-unsaturated/α-hetero) is 2. The standard InChI is InChI=1S/C24H23N3O6S2/c1-32-24(31)26-17(11-12-34-2)22(30)33-14-9-7-13(8-10-14)25-23-27-18-19(28)15-5-3-4-6-16(15)20(29)21(18)35-23/h3-10,17-18,21H,11-12H2,1-2H3,(H,25,27)(H,26,31)/t17-,18?,21?/m0/s1. The summed E-state index contributed by atoms with van der Waals surface area (Å²) < 4.78 is 9.99. The summed E-state index contributed by atoms with van der Waals surface area (Å²) in [6.07, 6.45) is 1.59. The minimum atomic E-state index is -0.834. The third kappa shape index (κ3) is 5.51. The van der Waals surface area contributed by atoms with Crippen molar-refractivity contribution in [2.24, 2.45) is 4.99 Å². The molecule has 2 aromatic rings. The van der Waals surface area contributed by atoms with Crippen LogP contribution in [-0.2, 0) is 9.53 Å². The van der Waals surface area contributed by atoms with Gasteiger partial charge in [0.05, 0.1) is 7.11 Å². The average molecular weight is 514 g/mol. The van der Waals surface area contributed by atoms with Gasteiger partial charge in [0.25, 0.3) is 0 Å². The number of alkyl carbamates (subject to hydrolysis) is 1. The van der Waals surface area contributed by atoms with Crippen LogP contribution in [0, 0.1) is 0 Å². The van der Waals surface area contributed by atoms with E-state index in [2.05, 4.69) is 20.4 Å². The molecule has 0 bridgehead atoms. The lowest BCUT2D eigenvalue weighted by atomic mass is 9.86. The van der Waals surface area contributed by atoms with Crippen LogP contribution >= 0.6 is 23.5 Å². The molecule has 2 unspecified atom stereocenters. The summed E-state index contributed by atoms with van der Waals surface area (Å²) in [4.78, 5) is 54.2. The Morgan fingerprint density at radius 2 is 1.77 bits per heavy atom. The Morgan fingerprint density at radius 1 is 1.09 bits per heavy atom. The van der Waals surface area contributed by atoms with Crippen molar-refractivity contribution in [3.05, 3.63) is 59.7 Å². The second-order valence-electron chi connectivity index (χ2n) is 7.73. The van der Waals surface area contributed by atoms with Crippen LogP contribution in [0.3, 0.4) is 0 Å². The first-order valence-corrected chi connectivity index (χ1v) is 13.0. The molecule has 1 aliphatic heterocycles. The van der Waals surface area contributed by atoms with Gasteiger partial charge < -0.3 is 20.1 Å². The Kier molecular flexibility index (Phi) is 7.76. The van der Waals surface area contributed by atoms with E-state index in [9.17, 15) is 19.2 Å². The van der Waals surface area contributed by atoms with E-state index in [-0.39, 0.29) is 11.6 Å². The molecule has 0 radical (unpaired) electrons. The van der Waals surface area contributed by atoms with Crippen molar-refractivity contribution in [2.45, 2.75) is 23.8 Å². The molecule has 0 spiro atoms. The smallest absolute Gasteiger partial charge is 0.407 e. The quantitative estimate of drug-likeness (QED) is 0.423. The van der Waals surface area contributed by atoms with E-state index in [0.29, 0.717) is 39.9 Å². The molecular weight excluding hydrogens is 490 g/mol. The number of rotatable bonds is 7. The van der Waals surface area contributed by atoms with Crippen LogP contribution in [-0.4, -0.2) is 65.2 Å². The Bertz CT molecular complexity index is 1180. The zero-order valence-corrected chi connectivity index (χ0v) is 20.6. The van der Waals surface area contributed by atoms with Gasteiger partial charge in [-0.1, -0.05) is 36.0 Å². The van der Waals surface area contributed by atoms with Crippen molar-refractivity contribution < 1.29 is 28.7 Å². The number of aliphatic imine (C=N–C) groups is 1. The third-order valence-electron chi connectivity index (χ3n) is 5.46. The molecule has 11 heteroatoms. The number of carbonyl (C=O) groups excluding carboxylic acids is 4. The summed E-state index contributed by atoms with van der Waals surface area (Å²) in [5, 5.41) is 5.49. The van der Waals surface area contributed by atoms with Crippen LogP contribution in [0.4, 0.5) is 10.5 Å². The second kappa shape index (κ2) is 11.0. The van der Waals surface area contributed by atoms with Gasteiger partial charge in [-0.3, -0.25) is 9.59 Å². The number of ketones is 2. The minimum absolute atomic E-state index is 0.102. The minimum Gasteiger partial charge on any atom is -0.453 e. The first kappa shape index (κ1) is 24.8. The number of esters is 1. The van der Waals surface area contributed by atoms with Gasteiger partial charge >= 0.3 is 12.1 Å². The number of ether oxygens (including phenoxy) is 2. The second-order valence-corrected chi connectivity index (χ2v) is 9.85. The molecule has 9 nitrogen and oxygen atoms in total. The van der Waals surface area contributed by atoms with Crippen molar-refractivity contribution in [1.82, 2.24) is 5.32 Å². The van der Waals surface area contributed by atoms with E-state index in [4.69, 9.17) is 4.74 Å². The number of hydrogen-bond acceptors (Lipinski definition) is 10. The van der Waals surface area contributed by atoms with Crippen LogP contribution in [0.25, 0.3) is 0 Å². The van der Waals surface area contributed by atoms with Crippen molar-refractivity contribution in [1.29, 1.82) is 0 Å². The van der Waals surface area contributed by atoms with Crippen LogP contribution in [0.2, 0.25) is 0 Å². The highest BCUT2D eigenvalue weighted by Gasteiger charge is 2.46. The third-order valence-corrected chi connectivity index (χ3v) is 7.26. The van der Waals surface area contributed by atoms with E-state index < -0.39 is 29.4 Å². The van der Waals surface area contributed by atoms with Gasteiger partial charge in [0, 0.05) is 16.8 Å². The number of carbonyl (C=O) groups is 4. The molecule has 3 atom stereocenters. The summed E-state index contributed by atoms with van der Waals surface area (Å²) in [5.41, 5.74) is 1.50. The van der Waals surface area contributed by atoms with Gasteiger partial charge in [-0.15, -0.1) is 0 Å². The number of anilines is 1. The maximum atomic E-state index is 12.8. The van der Waals surface area contributed by atoms with Crippen LogP contribution in [0.15, 0.2) is 53.5 Å². The van der Waals surface area contributed by atoms with E-state index in [1.807, 2.05) is 6.26 Å². The fraction of sp³-hybridized carbons (Fsp3) is 0.292. The summed E-state index contributed by atoms with van der Waals surface area (Å²) in [5.74, 6) is 0.103. The summed E-state index contributed by atoms with van der Waals surface area (Å²) in [7, 11) is 1.23. The molecule has 0 fully saturated rings. The summed E-state index contributed by atoms with van der Waals surface area (Å²) in [6.45, 7) is 0. The Morgan fingerprint density at radius 3 is 2.43 bits per heavy atom. The largest absolute Gasteiger partial charge is 0.453 e. The molecule has 2 aliphatic rings. The van der Waals surface area contributed by atoms with Gasteiger partial charge in [-0.25, -0.2) is 14.6 Å². The van der Waals surface area contributed by atoms with Crippen molar-refractivity contribution in [2.75, 3.05) is 24.4 Å². The molecule has 2 N–H and O–H groups in total. The highest BCUT2D eigenvalue weighted by Crippen LogP contribution is 2.37. The first-order valence-electron chi connectivity index (χ1n) is 10.8. The van der Waals surface area contributed by atoms with Crippen molar-refractivity contribution in [3.63, 3.8) is 0 Å². The Labute approximate surface area is 210 Å². The predicted octanol–water partition coefficient (Wildman–Crippen LogP) is 3.40. The Hall–Kier alpha value is -3.31. The number of hydrogen-bond donors (Lipinski definition) is 2. The highest BCUT2D eigenvalue weighted by molar-refractivity contribution is 8.15. The molecule has 0 saturated carbocycles. The summed E-state index contributed by atoms with van der Waals surface area (Å²) in [6, 6.07) is 11.8. The van der Waals surface area contributed by atoms with E-state index >= 15 is 0 Å². The number of methoxy groups -OCH3 is 1. The van der Waals surface area contributed by atoms with Gasteiger partial charge in [0.15, 0.2) is 16.7 Å². The molecule has 1 aliphatic carbocycles. The van der Waals surface area contributed by atoms with Gasteiger partial charge in [0.1, 0.15) is 23.1 Å². The molecule has 1 heterocycles. The van der Waals surface area contributed by atoms with Gasteiger partial charge in [-0.05, 0) is 42.7 Å². The monoisotopic (exact) mass is 513 g/mol. The predicted molar refractivity (Wildman–Crippen MR) is 136 cm³/mol. The van der Waals surface area contributed by atoms with E-state index in [1.54, 1.807) is 60.3 Å². The van der Waals surface area contributed by atoms with Crippen molar-refractivity contribution >= 4 is 58.0 Å². The lowest BCUT2D eigenvalue weighted by Crippen LogP contribution is -2.43. The number of benzene rings is 2. The van der Waals surface area contributed by atoms with Crippen LogP contribution in [0.5, 0.6) is 5.75 Å². The Balaban J connectivity index is 1.39. The topological polar surface area (TPSA) is 123 Å². The van der Waals surface area contributed by atoms with Crippen LogP contribution < -0.4 is 15.4 Å². The first-order chi connectivity index (χ1) is 16.9. The number of nitrogens with one attached hydrogen (secondary N) is 2. The molecule has 182 valence electrons. The number of fused-ring (bicyclic) bond motifs is 2. The maximum absolute atomic E-state index is 12.8. The molecule has 1 amide bonds. The molecule has 0 saturated heterocycles. The lowest BCUT2D eigenvalue weighted by Gasteiger charge is -2.22. The van der Waals surface area contributed by atoms with Gasteiger partial charge in [0.2, 0.25) is 0 Å². The number of amidine groups is 1. The normalized spacial score (nSPS) is 19.2. The zero-order valence-electron chi connectivity index (χ0n) is 19.0. The zero-order chi connectivity index (χ0) is 24.9. The van der Waals surface area contributed by atoms with Crippen LogP contribution in [0.1, 0.15) is 27.1 Å². The molecule has 2 aromatic carbocycles. The highest BCUT2D eigenvalue weighted by atomic mass is 32.2. The molecule has 4 rings (SSSR count). The van der Waals surface area contributed by atoms with Crippen molar-refractivity contribution in [3.8, 4) is 5.75 Å². The SMILES string of the molecule is COC(=O)N[C@@H](CCSC)C(=O)Oc1ccc(NC2=NC3C(=O)c4ccccc4C(=O)C3S2)cc1. The molecular formula is C24H23N3O6S2. The number of amides is 1. The number of nitrogens with zero attached hydrogens (tertiary/aromatic N) is 1. The fourth-order valence-electron chi connectivity index (χ4n) is 3.69. The lowest BCUT2D eigenvalue weighted by molar-refractivity contribution is -0.136. The van der Waals surface area contributed by atoms with E-state index in [1.165, 1.54) is 18.9 Å². The summed E-state index contributed by atoms with van der Waals surface area (Å²) >= 11 is 2.77. The average Bonchev–Trinajstić information content (AvgIpc) is 3.30. The maximum Gasteiger partial charge on any atom is 0.407 e. The molecule has 0 aromatic heterocycles.